The van der Waals surface area contributed by atoms with Crippen molar-refractivity contribution in [3.05, 3.63) is 53.1 Å². The zero-order chi connectivity index (χ0) is 19.3. The van der Waals surface area contributed by atoms with Crippen LogP contribution in [0.15, 0.2) is 36.7 Å². The summed E-state index contributed by atoms with van der Waals surface area (Å²) in [4.78, 5) is 29.1. The fraction of sp³-hybridized carbons (Fsp3) is 0.353. The summed E-state index contributed by atoms with van der Waals surface area (Å²) in [6.45, 7) is -1.43. The van der Waals surface area contributed by atoms with Crippen LogP contribution in [-0.4, -0.2) is 33.3 Å². The van der Waals surface area contributed by atoms with Gasteiger partial charge in [0.25, 0.3) is 0 Å². The summed E-state index contributed by atoms with van der Waals surface area (Å²) in [5.41, 5.74) is 0.723. The van der Waals surface area contributed by atoms with Crippen LogP contribution in [0.1, 0.15) is 37.3 Å². The topological polar surface area (TPSA) is 67.2 Å². The minimum absolute atomic E-state index is 0.0207. The summed E-state index contributed by atoms with van der Waals surface area (Å²) in [6, 6.07) is 6.23. The van der Waals surface area contributed by atoms with Crippen LogP contribution in [0.2, 0.25) is 5.02 Å². The Morgan fingerprint density at radius 1 is 1.31 bits per heavy atom. The van der Waals surface area contributed by atoms with Crippen LogP contribution >= 0.6 is 11.6 Å². The molecule has 0 radical (unpaired) electrons. The number of hydrogen-bond acceptors (Lipinski definition) is 3. The van der Waals surface area contributed by atoms with E-state index in [0.29, 0.717) is 9.59 Å². The number of halogens is 3. The lowest BCUT2D eigenvalue weighted by Gasteiger charge is -2.22. The van der Waals surface area contributed by atoms with Gasteiger partial charge >= 0.3 is 6.55 Å². The molecule has 1 N–H and O–H groups in total. The smallest absolute Gasteiger partial charge is 0.319 e. The van der Waals surface area contributed by atoms with Gasteiger partial charge in [-0.05, 0) is 17.7 Å². The molecule has 0 aliphatic rings. The molecule has 2 rings (SSSR count). The molecule has 0 bridgehead atoms. The van der Waals surface area contributed by atoms with Crippen molar-refractivity contribution in [3.8, 4) is 0 Å². The van der Waals surface area contributed by atoms with Crippen LogP contribution in [-0.2, 0) is 16.1 Å². The minimum atomic E-state index is -2.72. The maximum Gasteiger partial charge on any atom is 0.319 e. The van der Waals surface area contributed by atoms with Gasteiger partial charge in [0.1, 0.15) is 5.82 Å². The molecule has 0 aliphatic heterocycles. The monoisotopic (exact) mass is 384 g/mol. The Morgan fingerprint density at radius 2 is 1.96 bits per heavy atom. The van der Waals surface area contributed by atoms with E-state index in [4.69, 9.17) is 11.6 Å². The predicted octanol–water partition coefficient (Wildman–Crippen LogP) is 3.16. The fourth-order valence-electron chi connectivity index (χ4n) is 2.47. The molecule has 6 nitrogen and oxygen atoms in total. The Kier molecular flexibility index (Phi) is 6.68. The average Bonchev–Trinajstić information content (AvgIpc) is 3.02. The van der Waals surface area contributed by atoms with Gasteiger partial charge in [0.15, 0.2) is 0 Å². The van der Waals surface area contributed by atoms with Gasteiger partial charge in [-0.3, -0.25) is 14.2 Å². The van der Waals surface area contributed by atoms with Crippen LogP contribution < -0.4 is 5.32 Å². The number of aromatic nitrogens is 2. The zero-order valence-electron chi connectivity index (χ0n) is 14.3. The number of amides is 2. The van der Waals surface area contributed by atoms with E-state index >= 15 is 0 Å². The molecule has 2 aromatic rings. The molecule has 9 heteroatoms. The van der Waals surface area contributed by atoms with E-state index in [2.05, 4.69) is 10.3 Å². The molecule has 140 valence electrons. The van der Waals surface area contributed by atoms with E-state index in [9.17, 15) is 18.4 Å². The lowest BCUT2D eigenvalue weighted by molar-refractivity contribution is -0.131. The lowest BCUT2D eigenvalue weighted by atomic mass is 10.0. The molecule has 0 fully saturated rings. The molecule has 26 heavy (non-hydrogen) atoms. The highest BCUT2D eigenvalue weighted by atomic mass is 35.5. The summed E-state index contributed by atoms with van der Waals surface area (Å²) >= 11 is 5.87. The Balaban J connectivity index is 2.09. The second-order valence-electron chi connectivity index (χ2n) is 5.79. The number of benzene rings is 1. The first-order valence-electron chi connectivity index (χ1n) is 7.84. The SMILES string of the molecule is CC(=O)NC(CC(=O)N(C)Cc1nccn1C(F)F)c1ccc(Cl)cc1. The number of carbonyl (C=O) groups excluding carboxylic acids is 2. The molecule has 1 heterocycles. The first-order chi connectivity index (χ1) is 12.3. The molecular weight excluding hydrogens is 366 g/mol. The normalized spacial score (nSPS) is 12.1. The molecular formula is C17H19ClF2N4O2. The third-order valence-electron chi connectivity index (χ3n) is 3.79. The predicted molar refractivity (Wildman–Crippen MR) is 92.6 cm³/mol. The number of nitrogens with zero attached hydrogens (tertiary/aromatic N) is 3. The van der Waals surface area contributed by atoms with Crippen molar-refractivity contribution in [2.75, 3.05) is 7.05 Å². The summed E-state index contributed by atoms with van der Waals surface area (Å²) in [6.07, 6.45) is 2.40. The van der Waals surface area contributed by atoms with E-state index in [1.54, 1.807) is 24.3 Å². The van der Waals surface area contributed by atoms with Gasteiger partial charge in [0, 0.05) is 31.4 Å². The molecule has 0 aliphatic carbocycles. The van der Waals surface area contributed by atoms with Crippen LogP contribution in [0, 0.1) is 0 Å². The Hall–Kier alpha value is -2.48. The second-order valence-corrected chi connectivity index (χ2v) is 6.22. The van der Waals surface area contributed by atoms with Crippen LogP contribution in [0.3, 0.4) is 0 Å². The summed E-state index contributed by atoms with van der Waals surface area (Å²) in [5.74, 6) is -0.519. The molecule has 1 aromatic carbocycles. The Bertz CT molecular complexity index is 764. The van der Waals surface area contributed by atoms with Gasteiger partial charge in [0.05, 0.1) is 19.0 Å². The van der Waals surface area contributed by atoms with Crippen molar-refractivity contribution in [3.63, 3.8) is 0 Å². The Morgan fingerprint density at radius 3 is 2.54 bits per heavy atom. The van der Waals surface area contributed by atoms with Crippen molar-refractivity contribution in [2.24, 2.45) is 0 Å². The van der Waals surface area contributed by atoms with Crippen molar-refractivity contribution in [2.45, 2.75) is 32.5 Å². The molecule has 0 spiro atoms. The van der Waals surface area contributed by atoms with Crippen molar-refractivity contribution in [1.82, 2.24) is 19.8 Å². The fourth-order valence-corrected chi connectivity index (χ4v) is 2.59. The highest BCUT2D eigenvalue weighted by Gasteiger charge is 2.21. The van der Waals surface area contributed by atoms with Gasteiger partial charge in [0.2, 0.25) is 11.8 Å². The third kappa shape index (κ3) is 5.26. The van der Waals surface area contributed by atoms with E-state index in [1.807, 2.05) is 0 Å². The summed E-state index contributed by atoms with van der Waals surface area (Å²) in [5, 5.41) is 3.26. The summed E-state index contributed by atoms with van der Waals surface area (Å²) < 4.78 is 26.5. The van der Waals surface area contributed by atoms with E-state index in [0.717, 1.165) is 11.8 Å². The molecule has 0 saturated heterocycles. The number of carbonyl (C=O) groups is 2. The summed E-state index contributed by atoms with van der Waals surface area (Å²) in [7, 11) is 1.50. The van der Waals surface area contributed by atoms with Crippen LogP contribution in [0.4, 0.5) is 8.78 Å². The number of nitrogens with one attached hydrogen (secondary N) is 1. The zero-order valence-corrected chi connectivity index (χ0v) is 15.1. The highest BCUT2D eigenvalue weighted by Crippen LogP contribution is 2.21. The largest absolute Gasteiger partial charge is 0.349 e. The van der Waals surface area contributed by atoms with E-state index < -0.39 is 12.6 Å². The van der Waals surface area contributed by atoms with Gasteiger partial charge in [-0.1, -0.05) is 23.7 Å². The number of alkyl halides is 2. The van der Waals surface area contributed by atoms with Crippen LogP contribution in [0.25, 0.3) is 0 Å². The number of hydrogen-bond donors (Lipinski definition) is 1. The van der Waals surface area contributed by atoms with Gasteiger partial charge in [-0.2, -0.15) is 8.78 Å². The maximum atomic E-state index is 12.9. The number of imidazole rings is 1. The van der Waals surface area contributed by atoms with Gasteiger partial charge in [-0.25, -0.2) is 4.98 Å². The number of rotatable bonds is 7. The highest BCUT2D eigenvalue weighted by molar-refractivity contribution is 6.30. The van der Waals surface area contributed by atoms with Crippen molar-refractivity contribution >= 4 is 23.4 Å². The van der Waals surface area contributed by atoms with E-state index in [1.165, 1.54) is 25.1 Å². The first-order valence-corrected chi connectivity index (χ1v) is 8.22. The maximum absolute atomic E-state index is 12.9. The first kappa shape index (κ1) is 19.8. The van der Waals surface area contributed by atoms with E-state index in [-0.39, 0.29) is 30.6 Å². The van der Waals surface area contributed by atoms with Crippen molar-refractivity contribution in [1.29, 1.82) is 0 Å². The third-order valence-corrected chi connectivity index (χ3v) is 4.04. The average molecular weight is 385 g/mol. The second kappa shape index (κ2) is 8.75. The Labute approximate surface area is 154 Å². The van der Waals surface area contributed by atoms with Gasteiger partial charge in [-0.15, -0.1) is 0 Å². The molecule has 1 unspecified atom stereocenters. The quantitative estimate of drug-likeness (QED) is 0.797. The molecule has 1 atom stereocenters. The lowest BCUT2D eigenvalue weighted by Crippen LogP contribution is -2.34. The van der Waals surface area contributed by atoms with Crippen LogP contribution in [0.5, 0.6) is 0 Å². The molecule has 1 aromatic heterocycles. The minimum Gasteiger partial charge on any atom is -0.349 e. The molecule has 2 amide bonds. The molecule has 0 saturated carbocycles. The van der Waals surface area contributed by atoms with Gasteiger partial charge < -0.3 is 10.2 Å². The van der Waals surface area contributed by atoms with Crippen molar-refractivity contribution < 1.29 is 18.4 Å². The standard InChI is InChI=1S/C17H19ClF2N4O2/c1-11(25)22-14(12-3-5-13(18)6-4-12)9-16(26)23(2)10-15-21-7-8-24(15)17(19)20/h3-8,14,17H,9-10H2,1-2H3,(H,22,25).